The maximum absolute atomic E-state index is 9.68. The fourth-order valence-electron chi connectivity index (χ4n) is 1.90. The maximum atomic E-state index is 9.68. The summed E-state index contributed by atoms with van der Waals surface area (Å²) in [5.74, 6) is 0.109. The van der Waals surface area contributed by atoms with Crippen LogP contribution in [-0.4, -0.2) is 16.8 Å². The van der Waals surface area contributed by atoms with Crippen LogP contribution in [0.2, 0.25) is 0 Å². The minimum Gasteiger partial charge on any atom is -0.396 e. The van der Waals surface area contributed by atoms with Gasteiger partial charge < -0.3 is 10.2 Å². The van der Waals surface area contributed by atoms with Crippen molar-refractivity contribution in [1.29, 1.82) is 0 Å². The zero-order valence-corrected chi connectivity index (χ0v) is 8.66. The molecule has 2 nitrogen and oxygen atoms in total. The molecule has 0 fully saturated rings. The Morgan fingerprint density at radius 1 is 1.38 bits per heavy atom. The smallest absolute Gasteiger partial charge is 0.0799 e. The number of rotatable bonds is 1. The van der Waals surface area contributed by atoms with Crippen LogP contribution in [-0.2, 0) is 0 Å². The molecule has 70 valence electrons. The van der Waals surface area contributed by atoms with Gasteiger partial charge in [-0.2, -0.15) is 0 Å². The van der Waals surface area contributed by atoms with Gasteiger partial charge >= 0.3 is 0 Å². The number of aliphatic hydroxyl groups excluding tert-OH is 2. The summed E-state index contributed by atoms with van der Waals surface area (Å²) in [5.41, 5.74) is 2.03. The first-order valence-corrected chi connectivity index (χ1v) is 5.10. The summed E-state index contributed by atoms with van der Waals surface area (Å²) in [6.45, 7) is 0.117. The van der Waals surface area contributed by atoms with E-state index in [4.69, 9.17) is 5.11 Å². The third-order valence-electron chi connectivity index (χ3n) is 2.58. The van der Waals surface area contributed by atoms with Crippen LogP contribution in [0.5, 0.6) is 0 Å². The Labute approximate surface area is 85.3 Å². The van der Waals surface area contributed by atoms with Gasteiger partial charge in [-0.1, -0.05) is 22.0 Å². The number of halogens is 1. The van der Waals surface area contributed by atoms with Gasteiger partial charge in [-0.05, 0) is 29.7 Å². The van der Waals surface area contributed by atoms with E-state index in [-0.39, 0.29) is 12.5 Å². The number of hydrogen-bond donors (Lipinski definition) is 2. The molecule has 1 aliphatic carbocycles. The lowest BCUT2D eigenvalue weighted by Crippen LogP contribution is -1.98. The summed E-state index contributed by atoms with van der Waals surface area (Å²) in [6, 6.07) is 5.84. The molecule has 0 bridgehead atoms. The first-order valence-electron chi connectivity index (χ1n) is 4.30. The van der Waals surface area contributed by atoms with Crippen LogP contribution in [0.25, 0.3) is 0 Å². The van der Waals surface area contributed by atoms with E-state index in [1.54, 1.807) is 0 Å². The Hall–Kier alpha value is -0.380. The van der Waals surface area contributed by atoms with E-state index in [2.05, 4.69) is 15.9 Å². The van der Waals surface area contributed by atoms with Gasteiger partial charge in [0.25, 0.3) is 0 Å². The van der Waals surface area contributed by atoms with Crippen molar-refractivity contribution in [2.75, 3.05) is 6.61 Å². The molecule has 1 aromatic carbocycles. The fourth-order valence-corrected chi connectivity index (χ4v) is 2.28. The van der Waals surface area contributed by atoms with Gasteiger partial charge in [0.15, 0.2) is 0 Å². The molecule has 13 heavy (non-hydrogen) atoms. The highest BCUT2D eigenvalue weighted by molar-refractivity contribution is 9.10. The van der Waals surface area contributed by atoms with Crippen molar-refractivity contribution in [1.82, 2.24) is 0 Å². The Morgan fingerprint density at radius 3 is 2.85 bits per heavy atom. The van der Waals surface area contributed by atoms with Crippen molar-refractivity contribution in [3.63, 3.8) is 0 Å². The topological polar surface area (TPSA) is 40.5 Å². The predicted octanol–water partition coefficient (Wildman–Crippen LogP) is 1.96. The van der Waals surface area contributed by atoms with E-state index in [1.165, 1.54) is 0 Å². The SMILES string of the molecule is OCC1CC(O)c2cc(Br)ccc21. The molecule has 0 radical (unpaired) electrons. The largest absolute Gasteiger partial charge is 0.396 e. The number of aliphatic hydroxyl groups is 2. The van der Waals surface area contributed by atoms with Gasteiger partial charge in [0, 0.05) is 10.4 Å². The summed E-state index contributed by atoms with van der Waals surface area (Å²) < 4.78 is 0.976. The summed E-state index contributed by atoms with van der Waals surface area (Å²) in [5, 5.41) is 18.8. The van der Waals surface area contributed by atoms with Crippen molar-refractivity contribution in [3.8, 4) is 0 Å². The van der Waals surface area contributed by atoms with Gasteiger partial charge in [-0.25, -0.2) is 0 Å². The number of hydrogen-bond acceptors (Lipinski definition) is 2. The highest BCUT2D eigenvalue weighted by Gasteiger charge is 2.28. The summed E-state index contributed by atoms with van der Waals surface area (Å²) in [7, 11) is 0. The van der Waals surface area contributed by atoms with Crippen molar-refractivity contribution in [2.45, 2.75) is 18.4 Å². The standard InChI is InChI=1S/C10H11BrO2/c11-7-1-2-8-6(5-12)3-10(13)9(8)4-7/h1-2,4,6,10,12-13H,3,5H2. The van der Waals surface area contributed by atoms with E-state index in [0.29, 0.717) is 6.42 Å². The summed E-state index contributed by atoms with van der Waals surface area (Å²) in [4.78, 5) is 0. The van der Waals surface area contributed by atoms with Crippen LogP contribution in [0.3, 0.4) is 0 Å². The van der Waals surface area contributed by atoms with Crippen molar-refractivity contribution < 1.29 is 10.2 Å². The first kappa shape index (κ1) is 9.19. The van der Waals surface area contributed by atoms with E-state index in [9.17, 15) is 5.11 Å². The molecule has 0 aromatic heterocycles. The average molecular weight is 243 g/mol. The molecule has 2 unspecified atom stereocenters. The molecule has 2 N–H and O–H groups in total. The maximum Gasteiger partial charge on any atom is 0.0799 e. The molecule has 1 aromatic rings. The van der Waals surface area contributed by atoms with Crippen molar-refractivity contribution >= 4 is 15.9 Å². The lowest BCUT2D eigenvalue weighted by Gasteiger charge is -2.06. The van der Waals surface area contributed by atoms with Crippen LogP contribution in [0.1, 0.15) is 29.6 Å². The third kappa shape index (κ3) is 1.52. The number of benzene rings is 1. The van der Waals surface area contributed by atoms with Gasteiger partial charge in [0.05, 0.1) is 12.7 Å². The average Bonchev–Trinajstić information content (AvgIpc) is 2.43. The molecular weight excluding hydrogens is 232 g/mol. The van der Waals surface area contributed by atoms with E-state index >= 15 is 0 Å². The molecule has 3 heteroatoms. The van der Waals surface area contributed by atoms with Crippen molar-refractivity contribution in [2.24, 2.45) is 0 Å². The van der Waals surface area contributed by atoms with Crippen LogP contribution < -0.4 is 0 Å². The molecule has 0 saturated heterocycles. The number of fused-ring (bicyclic) bond motifs is 1. The highest BCUT2D eigenvalue weighted by Crippen LogP contribution is 2.40. The van der Waals surface area contributed by atoms with Crippen molar-refractivity contribution in [3.05, 3.63) is 33.8 Å². The molecule has 0 spiro atoms. The Kier molecular flexibility index (Phi) is 2.41. The quantitative estimate of drug-likeness (QED) is 0.791. The molecule has 2 atom stereocenters. The molecule has 0 amide bonds. The zero-order chi connectivity index (χ0) is 9.42. The predicted molar refractivity (Wildman–Crippen MR) is 53.5 cm³/mol. The minimum absolute atomic E-state index is 0.109. The van der Waals surface area contributed by atoms with Gasteiger partial charge in [0.1, 0.15) is 0 Å². The fraction of sp³-hybridized carbons (Fsp3) is 0.400. The Bertz CT molecular complexity index is 325. The second-order valence-corrected chi connectivity index (χ2v) is 4.32. The molecule has 0 saturated carbocycles. The summed E-state index contributed by atoms with van der Waals surface area (Å²) >= 11 is 3.36. The van der Waals surface area contributed by atoms with Crippen LogP contribution in [0, 0.1) is 0 Å². The monoisotopic (exact) mass is 242 g/mol. The van der Waals surface area contributed by atoms with Gasteiger partial charge in [-0.3, -0.25) is 0 Å². The van der Waals surface area contributed by atoms with Crippen LogP contribution >= 0.6 is 15.9 Å². The zero-order valence-electron chi connectivity index (χ0n) is 7.07. The second-order valence-electron chi connectivity index (χ2n) is 3.40. The molecule has 0 aliphatic heterocycles. The molecule has 1 aliphatic rings. The lowest BCUT2D eigenvalue weighted by atomic mass is 10.0. The molecular formula is C10H11BrO2. The normalized spacial score (nSPS) is 26.1. The molecule has 0 heterocycles. The van der Waals surface area contributed by atoms with Gasteiger partial charge in [-0.15, -0.1) is 0 Å². The molecule has 2 rings (SSSR count). The van der Waals surface area contributed by atoms with Crippen LogP contribution in [0.4, 0.5) is 0 Å². The van der Waals surface area contributed by atoms with E-state index < -0.39 is 6.10 Å². The lowest BCUT2D eigenvalue weighted by molar-refractivity contribution is 0.158. The third-order valence-corrected chi connectivity index (χ3v) is 3.07. The second kappa shape index (κ2) is 3.40. The Morgan fingerprint density at radius 2 is 2.15 bits per heavy atom. The highest BCUT2D eigenvalue weighted by atomic mass is 79.9. The first-order chi connectivity index (χ1) is 6.22. The van der Waals surface area contributed by atoms with Gasteiger partial charge in [0.2, 0.25) is 0 Å². The minimum atomic E-state index is -0.412. The van der Waals surface area contributed by atoms with E-state index in [0.717, 1.165) is 15.6 Å². The van der Waals surface area contributed by atoms with Crippen LogP contribution in [0.15, 0.2) is 22.7 Å². The summed E-state index contributed by atoms with van der Waals surface area (Å²) in [6.07, 6.45) is 0.229. The Balaban J connectivity index is 2.46. The van der Waals surface area contributed by atoms with E-state index in [1.807, 2.05) is 18.2 Å².